The number of fused-ring (bicyclic) bond motifs is 2. The lowest BCUT2D eigenvalue weighted by molar-refractivity contribution is 0.153. The van der Waals surface area contributed by atoms with Crippen molar-refractivity contribution in [1.29, 1.82) is 0 Å². The first kappa shape index (κ1) is 21.2. The van der Waals surface area contributed by atoms with E-state index in [9.17, 15) is 0 Å². The summed E-state index contributed by atoms with van der Waals surface area (Å²) in [4.78, 5) is 19.9. The van der Waals surface area contributed by atoms with Crippen molar-refractivity contribution in [2.24, 2.45) is 16.5 Å². The fraction of sp³-hybridized carbons (Fsp3) is 0.269. The molecule has 0 saturated heterocycles. The predicted octanol–water partition coefficient (Wildman–Crippen LogP) is 3.81. The van der Waals surface area contributed by atoms with Gasteiger partial charge in [0.15, 0.2) is 5.96 Å². The van der Waals surface area contributed by atoms with Crippen molar-refractivity contribution in [2.45, 2.75) is 44.9 Å². The number of aromatic nitrogens is 3. The van der Waals surface area contributed by atoms with Crippen LogP contribution in [0.2, 0.25) is 0 Å². The van der Waals surface area contributed by atoms with E-state index in [1.165, 1.54) is 16.8 Å². The molecule has 0 fully saturated rings. The third kappa shape index (κ3) is 4.73. The molecule has 1 unspecified atom stereocenters. The normalized spacial score (nSPS) is 15.5. The fourth-order valence-electron chi connectivity index (χ4n) is 4.75. The molecule has 2 aromatic heterocycles. The molecule has 1 aliphatic carbocycles. The molecule has 168 valence electrons. The van der Waals surface area contributed by atoms with Gasteiger partial charge in [-0.05, 0) is 54.2 Å². The highest BCUT2D eigenvalue weighted by Gasteiger charge is 2.28. The summed E-state index contributed by atoms with van der Waals surface area (Å²) in [6.45, 7) is 1.93. The maximum atomic E-state index is 5.60. The Morgan fingerprint density at radius 3 is 2.67 bits per heavy atom. The Balaban J connectivity index is 1.50. The zero-order valence-electron chi connectivity index (χ0n) is 18.6. The first-order valence-electron chi connectivity index (χ1n) is 11.4. The van der Waals surface area contributed by atoms with Crippen LogP contribution in [-0.4, -0.2) is 25.8 Å². The van der Waals surface area contributed by atoms with Gasteiger partial charge in [-0.1, -0.05) is 42.5 Å². The van der Waals surface area contributed by atoms with Gasteiger partial charge >= 0.3 is 0 Å². The Kier molecular flexibility index (Phi) is 6.04. The maximum absolute atomic E-state index is 5.60. The van der Waals surface area contributed by atoms with E-state index >= 15 is 0 Å². The van der Waals surface area contributed by atoms with Crippen LogP contribution in [-0.2, 0) is 26.1 Å². The first-order chi connectivity index (χ1) is 16.2. The van der Waals surface area contributed by atoms with Gasteiger partial charge in [-0.2, -0.15) is 0 Å². The number of rotatable bonds is 7. The van der Waals surface area contributed by atoms with E-state index in [-0.39, 0.29) is 12.0 Å². The minimum atomic E-state index is 0.106. The topological polar surface area (TPSA) is 109 Å². The molecule has 1 atom stereocenters. The molecule has 7 nitrogen and oxygen atoms in total. The van der Waals surface area contributed by atoms with Crippen molar-refractivity contribution < 1.29 is 0 Å². The van der Waals surface area contributed by atoms with E-state index < -0.39 is 0 Å². The standard InChI is InChI=1S/C26H29N7/c27-26(28)30-15-19-7-1-2-8-20(19)16-33(17-24-31-21-11-3-4-12-22(21)32-24)23-13-5-9-18-10-6-14-29-25(18)23/h1-4,6-8,10-12,14,23H,5,9,13,15-17H2,(H,31,32)(H4,27,28,30). The van der Waals surface area contributed by atoms with Crippen LogP contribution in [0.15, 0.2) is 71.9 Å². The van der Waals surface area contributed by atoms with Crippen LogP contribution in [0.5, 0.6) is 0 Å². The van der Waals surface area contributed by atoms with E-state index in [4.69, 9.17) is 21.4 Å². The Hall–Kier alpha value is -3.71. The summed E-state index contributed by atoms with van der Waals surface area (Å²) >= 11 is 0. The number of nitrogens with two attached hydrogens (primary N) is 2. The van der Waals surface area contributed by atoms with Gasteiger partial charge in [-0.15, -0.1) is 0 Å². The molecular formula is C26H29N7. The molecule has 0 saturated carbocycles. The number of benzene rings is 2. The molecule has 2 heterocycles. The number of aliphatic imine (C=N–C) groups is 1. The number of guanidine groups is 1. The van der Waals surface area contributed by atoms with Crippen LogP contribution < -0.4 is 11.5 Å². The summed E-state index contributed by atoms with van der Waals surface area (Å²) in [5, 5.41) is 0. The number of pyridine rings is 1. The molecule has 0 radical (unpaired) electrons. The second-order valence-corrected chi connectivity index (χ2v) is 8.57. The minimum absolute atomic E-state index is 0.106. The average Bonchev–Trinajstić information content (AvgIpc) is 3.25. The molecule has 33 heavy (non-hydrogen) atoms. The second kappa shape index (κ2) is 9.42. The number of nitrogens with one attached hydrogen (secondary N) is 1. The van der Waals surface area contributed by atoms with Gasteiger partial charge in [0.1, 0.15) is 5.82 Å². The summed E-state index contributed by atoms with van der Waals surface area (Å²) in [5.74, 6) is 1.07. The number of aryl methyl sites for hydroxylation is 1. The molecule has 5 rings (SSSR count). The van der Waals surface area contributed by atoms with E-state index in [0.717, 1.165) is 48.2 Å². The van der Waals surface area contributed by atoms with Crippen LogP contribution in [0.1, 0.15) is 47.1 Å². The van der Waals surface area contributed by atoms with E-state index in [1.807, 2.05) is 36.5 Å². The number of H-pyrrole nitrogens is 1. The van der Waals surface area contributed by atoms with Crippen molar-refractivity contribution in [2.75, 3.05) is 0 Å². The molecule has 0 amide bonds. The summed E-state index contributed by atoms with van der Waals surface area (Å²) in [6.07, 6.45) is 5.21. The second-order valence-electron chi connectivity index (χ2n) is 8.57. The molecule has 0 aliphatic heterocycles. The lowest BCUT2D eigenvalue weighted by atomic mass is 9.90. The van der Waals surface area contributed by atoms with Gasteiger partial charge in [0, 0.05) is 12.7 Å². The van der Waals surface area contributed by atoms with Crippen molar-refractivity contribution in [3.05, 3.63) is 95.1 Å². The Morgan fingerprint density at radius 1 is 1.00 bits per heavy atom. The van der Waals surface area contributed by atoms with Crippen molar-refractivity contribution in [1.82, 2.24) is 19.9 Å². The molecule has 1 aliphatic rings. The lowest BCUT2D eigenvalue weighted by Gasteiger charge is -2.35. The van der Waals surface area contributed by atoms with Crippen molar-refractivity contribution in [3.8, 4) is 0 Å². The molecule has 0 bridgehead atoms. The van der Waals surface area contributed by atoms with Crippen molar-refractivity contribution in [3.63, 3.8) is 0 Å². The van der Waals surface area contributed by atoms with E-state index in [1.54, 1.807) is 0 Å². The minimum Gasteiger partial charge on any atom is -0.370 e. The predicted molar refractivity (Wildman–Crippen MR) is 131 cm³/mol. The Morgan fingerprint density at radius 2 is 1.82 bits per heavy atom. The largest absolute Gasteiger partial charge is 0.370 e. The summed E-state index contributed by atoms with van der Waals surface area (Å²) in [7, 11) is 0. The Labute approximate surface area is 193 Å². The lowest BCUT2D eigenvalue weighted by Crippen LogP contribution is -2.32. The van der Waals surface area contributed by atoms with Gasteiger partial charge in [0.2, 0.25) is 0 Å². The zero-order valence-corrected chi connectivity index (χ0v) is 18.6. The number of aromatic amines is 1. The van der Waals surface area contributed by atoms with Gasteiger partial charge < -0.3 is 16.5 Å². The Bertz CT molecular complexity index is 1240. The molecule has 5 N–H and O–H groups in total. The molecule has 0 spiro atoms. The van der Waals surface area contributed by atoms with Gasteiger partial charge in [-0.25, -0.2) is 9.98 Å². The SMILES string of the molecule is NC(N)=NCc1ccccc1CN(Cc1nc2ccccc2[nH]1)C1CCCc2cccnc21. The summed E-state index contributed by atoms with van der Waals surface area (Å²) in [5.41, 5.74) is 18.1. The van der Waals surface area contributed by atoms with Crippen molar-refractivity contribution >= 4 is 17.0 Å². The highest BCUT2D eigenvalue weighted by Crippen LogP contribution is 2.35. The summed E-state index contributed by atoms with van der Waals surface area (Å²) in [6, 6.07) is 21.0. The number of nitrogens with zero attached hydrogens (tertiary/aromatic N) is 4. The van der Waals surface area contributed by atoms with Gasteiger partial charge in [0.25, 0.3) is 0 Å². The number of para-hydroxylation sites is 2. The zero-order chi connectivity index (χ0) is 22.6. The average molecular weight is 440 g/mol. The van der Waals surface area contributed by atoms with Gasteiger partial charge in [0.05, 0.1) is 35.9 Å². The highest BCUT2D eigenvalue weighted by atomic mass is 15.2. The summed E-state index contributed by atoms with van der Waals surface area (Å²) < 4.78 is 0. The molecular weight excluding hydrogens is 410 g/mol. The quantitative estimate of drug-likeness (QED) is 0.300. The number of imidazole rings is 1. The van der Waals surface area contributed by atoms with E-state index in [0.29, 0.717) is 13.1 Å². The third-order valence-electron chi connectivity index (χ3n) is 6.32. The highest BCUT2D eigenvalue weighted by molar-refractivity contribution is 5.75. The smallest absolute Gasteiger partial charge is 0.186 e. The van der Waals surface area contributed by atoms with Crippen LogP contribution in [0.25, 0.3) is 11.0 Å². The molecule has 4 aromatic rings. The molecule has 2 aromatic carbocycles. The van der Waals surface area contributed by atoms with Crippen LogP contribution in [0.4, 0.5) is 0 Å². The third-order valence-corrected chi connectivity index (χ3v) is 6.32. The van der Waals surface area contributed by atoms with Gasteiger partial charge in [-0.3, -0.25) is 9.88 Å². The monoisotopic (exact) mass is 439 g/mol. The number of hydrogen-bond donors (Lipinski definition) is 3. The van der Waals surface area contributed by atoms with Crippen LogP contribution in [0.3, 0.4) is 0 Å². The number of hydrogen-bond acceptors (Lipinski definition) is 4. The van der Waals surface area contributed by atoms with E-state index in [2.05, 4.69) is 45.2 Å². The fourth-order valence-corrected chi connectivity index (χ4v) is 4.75. The van der Waals surface area contributed by atoms with Crippen LogP contribution in [0, 0.1) is 0 Å². The maximum Gasteiger partial charge on any atom is 0.186 e. The molecule has 7 heteroatoms. The first-order valence-corrected chi connectivity index (χ1v) is 11.4. The van der Waals surface area contributed by atoms with Crippen LogP contribution >= 0.6 is 0 Å².